The molecule has 0 fully saturated rings. The molecule has 0 aliphatic carbocycles. The number of hydrogen-bond donors (Lipinski definition) is 3. The highest BCUT2D eigenvalue weighted by Gasteiger charge is 2.17. The van der Waals surface area contributed by atoms with Gasteiger partial charge in [-0.1, -0.05) is 13.8 Å². The van der Waals surface area contributed by atoms with Crippen LogP contribution in [0.1, 0.15) is 41.5 Å². The van der Waals surface area contributed by atoms with Gasteiger partial charge in [-0.3, -0.25) is 4.79 Å². The number of ether oxygens (including phenoxy) is 2. The van der Waals surface area contributed by atoms with E-state index in [1.165, 1.54) is 36.4 Å². The van der Waals surface area contributed by atoms with Gasteiger partial charge in [0.15, 0.2) is 0 Å². The van der Waals surface area contributed by atoms with Crippen molar-refractivity contribution < 1.29 is 28.6 Å². The lowest BCUT2D eigenvalue weighted by molar-refractivity contribution is 0.0515. The number of esters is 1. The third-order valence-electron chi connectivity index (χ3n) is 4.03. The SMILES string of the molecule is CCOC(=O)c1cc(NC(=O)c2ccc(F)cc2)ccc1OCC(O)CNC(C)C. The van der Waals surface area contributed by atoms with Gasteiger partial charge in [0.2, 0.25) is 0 Å². The van der Waals surface area contributed by atoms with Gasteiger partial charge in [0, 0.05) is 23.8 Å². The second kappa shape index (κ2) is 11.3. The molecular weight excluding hydrogens is 391 g/mol. The Morgan fingerprint density at radius 1 is 1.13 bits per heavy atom. The second-order valence-electron chi connectivity index (χ2n) is 6.92. The summed E-state index contributed by atoms with van der Waals surface area (Å²) in [5.74, 6) is -1.27. The van der Waals surface area contributed by atoms with Crippen molar-refractivity contribution >= 4 is 17.6 Å². The lowest BCUT2D eigenvalue weighted by Crippen LogP contribution is -2.35. The van der Waals surface area contributed by atoms with Crippen LogP contribution in [0.25, 0.3) is 0 Å². The zero-order valence-corrected chi connectivity index (χ0v) is 17.3. The van der Waals surface area contributed by atoms with Gasteiger partial charge in [0.25, 0.3) is 5.91 Å². The van der Waals surface area contributed by atoms with Crippen molar-refractivity contribution in [3.8, 4) is 5.75 Å². The molecule has 1 amide bonds. The van der Waals surface area contributed by atoms with Crippen LogP contribution in [0.5, 0.6) is 5.75 Å². The van der Waals surface area contributed by atoms with Crippen molar-refractivity contribution in [2.45, 2.75) is 32.9 Å². The molecule has 1 atom stereocenters. The van der Waals surface area contributed by atoms with Crippen LogP contribution in [0.3, 0.4) is 0 Å². The minimum atomic E-state index is -0.764. The normalized spacial score (nSPS) is 11.8. The molecule has 0 saturated heterocycles. The number of carbonyl (C=O) groups excluding carboxylic acids is 2. The van der Waals surface area contributed by atoms with E-state index in [0.29, 0.717) is 12.2 Å². The Labute approximate surface area is 175 Å². The average molecular weight is 418 g/mol. The molecule has 162 valence electrons. The number of hydrogen-bond acceptors (Lipinski definition) is 6. The molecule has 0 saturated carbocycles. The minimum absolute atomic E-state index is 0.0204. The quantitative estimate of drug-likeness (QED) is 0.514. The molecule has 0 aromatic heterocycles. The monoisotopic (exact) mass is 418 g/mol. The molecule has 0 bridgehead atoms. The fourth-order valence-corrected chi connectivity index (χ4v) is 2.52. The highest BCUT2D eigenvalue weighted by molar-refractivity contribution is 6.05. The fourth-order valence-electron chi connectivity index (χ4n) is 2.52. The van der Waals surface area contributed by atoms with Gasteiger partial charge in [0.05, 0.1) is 6.61 Å². The molecule has 2 aromatic rings. The molecule has 2 rings (SSSR count). The van der Waals surface area contributed by atoms with Crippen LogP contribution in [0.4, 0.5) is 10.1 Å². The summed E-state index contributed by atoms with van der Waals surface area (Å²) in [4.78, 5) is 24.7. The van der Waals surface area contributed by atoms with E-state index in [1.807, 2.05) is 13.8 Å². The van der Waals surface area contributed by atoms with Gasteiger partial charge in [0.1, 0.15) is 29.8 Å². The first kappa shape index (κ1) is 23.3. The molecule has 0 aliphatic heterocycles. The number of anilines is 1. The summed E-state index contributed by atoms with van der Waals surface area (Å²) in [5.41, 5.74) is 0.745. The van der Waals surface area contributed by atoms with Crippen LogP contribution in [0.15, 0.2) is 42.5 Å². The van der Waals surface area contributed by atoms with Crippen LogP contribution in [-0.2, 0) is 4.74 Å². The Bertz CT molecular complexity index is 855. The van der Waals surface area contributed by atoms with Crippen molar-refractivity contribution in [2.75, 3.05) is 25.1 Å². The highest BCUT2D eigenvalue weighted by atomic mass is 19.1. The molecule has 3 N–H and O–H groups in total. The topological polar surface area (TPSA) is 96.9 Å². The number of amides is 1. The van der Waals surface area contributed by atoms with Crippen LogP contribution in [-0.4, -0.2) is 48.9 Å². The summed E-state index contributed by atoms with van der Waals surface area (Å²) >= 11 is 0. The van der Waals surface area contributed by atoms with E-state index in [4.69, 9.17) is 9.47 Å². The maximum atomic E-state index is 13.0. The third-order valence-corrected chi connectivity index (χ3v) is 4.03. The smallest absolute Gasteiger partial charge is 0.341 e. The molecular formula is C22H27FN2O5. The van der Waals surface area contributed by atoms with Crippen LogP contribution in [0.2, 0.25) is 0 Å². The average Bonchev–Trinajstić information content (AvgIpc) is 2.71. The van der Waals surface area contributed by atoms with Crippen molar-refractivity contribution in [2.24, 2.45) is 0 Å². The zero-order chi connectivity index (χ0) is 22.1. The van der Waals surface area contributed by atoms with E-state index in [0.717, 1.165) is 0 Å². The molecule has 0 aliphatic rings. The van der Waals surface area contributed by atoms with Gasteiger partial charge in [-0.2, -0.15) is 0 Å². The maximum Gasteiger partial charge on any atom is 0.341 e. The fraction of sp³-hybridized carbons (Fsp3) is 0.364. The molecule has 2 aromatic carbocycles. The first-order valence-electron chi connectivity index (χ1n) is 9.72. The molecule has 0 heterocycles. The van der Waals surface area contributed by atoms with Gasteiger partial charge in [-0.05, 0) is 49.4 Å². The number of carbonyl (C=O) groups is 2. The predicted octanol–water partition coefficient (Wildman–Crippen LogP) is 2.99. The Balaban J connectivity index is 2.13. The second-order valence-corrected chi connectivity index (χ2v) is 6.92. The number of rotatable bonds is 10. The zero-order valence-electron chi connectivity index (χ0n) is 17.3. The largest absolute Gasteiger partial charge is 0.490 e. The van der Waals surface area contributed by atoms with Gasteiger partial charge in [-0.15, -0.1) is 0 Å². The van der Waals surface area contributed by atoms with E-state index in [-0.39, 0.29) is 36.1 Å². The van der Waals surface area contributed by atoms with Crippen molar-refractivity contribution in [1.29, 1.82) is 0 Å². The van der Waals surface area contributed by atoms with Gasteiger partial charge >= 0.3 is 5.97 Å². The Morgan fingerprint density at radius 3 is 2.47 bits per heavy atom. The van der Waals surface area contributed by atoms with Crippen LogP contribution < -0.4 is 15.4 Å². The van der Waals surface area contributed by atoms with E-state index in [9.17, 15) is 19.1 Å². The van der Waals surface area contributed by atoms with Crippen molar-refractivity contribution in [1.82, 2.24) is 5.32 Å². The van der Waals surface area contributed by atoms with E-state index >= 15 is 0 Å². The number of aliphatic hydroxyl groups excluding tert-OH is 1. The lowest BCUT2D eigenvalue weighted by atomic mass is 10.1. The van der Waals surface area contributed by atoms with Crippen molar-refractivity contribution in [3.05, 3.63) is 59.4 Å². The number of halogens is 1. The van der Waals surface area contributed by atoms with E-state index in [2.05, 4.69) is 10.6 Å². The number of nitrogens with one attached hydrogen (secondary N) is 2. The third kappa shape index (κ3) is 7.13. The predicted molar refractivity (Wildman–Crippen MR) is 111 cm³/mol. The highest BCUT2D eigenvalue weighted by Crippen LogP contribution is 2.25. The summed E-state index contributed by atoms with van der Waals surface area (Å²) in [5, 5.41) is 15.8. The van der Waals surface area contributed by atoms with Gasteiger partial charge < -0.3 is 25.2 Å². The number of benzene rings is 2. The first-order valence-corrected chi connectivity index (χ1v) is 9.72. The molecule has 8 heteroatoms. The van der Waals surface area contributed by atoms with Crippen LogP contribution in [0, 0.1) is 5.82 Å². The molecule has 7 nitrogen and oxygen atoms in total. The first-order chi connectivity index (χ1) is 14.3. The summed E-state index contributed by atoms with van der Waals surface area (Å²) in [6, 6.07) is 9.85. The maximum absolute atomic E-state index is 13.0. The standard InChI is InChI=1S/C22H27FN2O5/c1-4-29-22(28)19-11-17(25-21(27)15-5-7-16(23)8-6-15)9-10-20(19)30-13-18(26)12-24-14(2)3/h5-11,14,18,24,26H,4,12-13H2,1-3H3,(H,25,27). The molecule has 0 spiro atoms. The van der Waals surface area contributed by atoms with E-state index < -0.39 is 23.8 Å². The lowest BCUT2D eigenvalue weighted by Gasteiger charge is -2.17. The Morgan fingerprint density at radius 2 is 1.83 bits per heavy atom. The summed E-state index contributed by atoms with van der Waals surface area (Å²) in [6.07, 6.45) is -0.764. The molecule has 30 heavy (non-hydrogen) atoms. The molecule has 1 unspecified atom stereocenters. The Hall–Kier alpha value is -2.97. The Kier molecular flexibility index (Phi) is 8.76. The summed E-state index contributed by atoms with van der Waals surface area (Å²) in [6.45, 7) is 6.10. The minimum Gasteiger partial charge on any atom is -0.490 e. The number of aliphatic hydroxyl groups is 1. The van der Waals surface area contributed by atoms with E-state index in [1.54, 1.807) is 13.0 Å². The summed E-state index contributed by atoms with van der Waals surface area (Å²) < 4.78 is 23.7. The molecule has 0 radical (unpaired) electrons. The van der Waals surface area contributed by atoms with Crippen molar-refractivity contribution in [3.63, 3.8) is 0 Å². The van der Waals surface area contributed by atoms with Gasteiger partial charge in [-0.25, -0.2) is 9.18 Å². The van der Waals surface area contributed by atoms with Crippen LogP contribution >= 0.6 is 0 Å². The summed E-state index contributed by atoms with van der Waals surface area (Å²) in [7, 11) is 0.